The Morgan fingerprint density at radius 2 is 1.94 bits per heavy atom. The number of hydrogen-bond donors (Lipinski definition) is 1. The van der Waals surface area contributed by atoms with Gasteiger partial charge in [-0.3, -0.25) is 0 Å². The summed E-state index contributed by atoms with van der Waals surface area (Å²) >= 11 is 0. The zero-order chi connectivity index (χ0) is 23.9. The minimum absolute atomic E-state index is 0.103. The minimum atomic E-state index is -0.979. The Morgan fingerprint density at radius 1 is 1.11 bits per heavy atom. The number of fused-ring (bicyclic) bond motifs is 3. The molecule has 9 nitrogen and oxygen atoms in total. The van der Waals surface area contributed by atoms with Gasteiger partial charge in [-0.2, -0.15) is 14.5 Å². The van der Waals surface area contributed by atoms with Crippen LogP contribution in [0.2, 0.25) is 0 Å². The molecule has 35 heavy (non-hydrogen) atoms. The zero-order valence-electron chi connectivity index (χ0n) is 19.4. The van der Waals surface area contributed by atoms with Crippen LogP contribution in [0, 0.1) is 23.5 Å². The van der Waals surface area contributed by atoms with E-state index in [-0.39, 0.29) is 11.8 Å². The number of aryl methyl sites for hydroxylation is 1. The smallest absolute Gasteiger partial charge is 0.242 e. The third-order valence-electron chi connectivity index (χ3n) is 7.33. The standard InChI is InChI=1S/C24H27F2N7O2/c1-34-20-10-16(11-27-30-20)32-12-14-7-8-15(13-32)22(14)28-24-29-23-19(6-3-9-33(23)31-24)35-18-5-2-4-17(25)21(18)26/h2,4-5,10-11,14-15,19,22H,3,6-9,12-13H2,1H3,(H,28,31)/t14-,15+,19-,22?/m1/s1. The molecular weight excluding hydrogens is 456 g/mol. The average Bonchev–Trinajstić information content (AvgIpc) is 3.38. The van der Waals surface area contributed by atoms with Crippen molar-refractivity contribution in [3.63, 3.8) is 0 Å². The summed E-state index contributed by atoms with van der Waals surface area (Å²) in [6.45, 7) is 2.53. The lowest BCUT2D eigenvalue weighted by atomic mass is 9.92. The largest absolute Gasteiger partial charge is 0.480 e. The topological polar surface area (TPSA) is 90.2 Å². The predicted octanol–water partition coefficient (Wildman–Crippen LogP) is 3.60. The Kier molecular flexibility index (Phi) is 5.62. The summed E-state index contributed by atoms with van der Waals surface area (Å²) in [7, 11) is 1.59. The predicted molar refractivity (Wildman–Crippen MR) is 123 cm³/mol. The molecule has 3 aliphatic rings. The van der Waals surface area contributed by atoms with E-state index < -0.39 is 17.7 Å². The number of nitrogens with zero attached hydrogens (tertiary/aromatic N) is 6. The fraction of sp³-hybridized carbons (Fsp3) is 0.500. The summed E-state index contributed by atoms with van der Waals surface area (Å²) in [6, 6.07) is 6.15. The summed E-state index contributed by atoms with van der Waals surface area (Å²) in [5, 5.41) is 16.3. The molecule has 6 rings (SSSR count). The van der Waals surface area contributed by atoms with E-state index in [1.54, 1.807) is 13.3 Å². The van der Waals surface area contributed by atoms with Gasteiger partial charge in [-0.15, -0.1) is 10.2 Å². The molecule has 11 heteroatoms. The number of rotatable bonds is 6. The molecule has 1 saturated carbocycles. The first kappa shape index (κ1) is 22.0. The quantitative estimate of drug-likeness (QED) is 0.569. The van der Waals surface area contributed by atoms with Gasteiger partial charge in [0.15, 0.2) is 23.5 Å². The highest BCUT2D eigenvalue weighted by atomic mass is 19.2. The lowest BCUT2D eigenvalue weighted by Crippen LogP contribution is -2.48. The van der Waals surface area contributed by atoms with Crippen molar-refractivity contribution in [1.29, 1.82) is 0 Å². The van der Waals surface area contributed by atoms with Gasteiger partial charge in [0.1, 0.15) is 0 Å². The lowest BCUT2D eigenvalue weighted by molar-refractivity contribution is 0.147. The number of anilines is 2. The molecule has 2 aromatic heterocycles. The molecule has 0 spiro atoms. The number of aromatic nitrogens is 5. The van der Waals surface area contributed by atoms with E-state index >= 15 is 0 Å². The van der Waals surface area contributed by atoms with Crippen molar-refractivity contribution in [3.8, 4) is 11.6 Å². The van der Waals surface area contributed by atoms with Crippen LogP contribution in [-0.4, -0.2) is 51.2 Å². The van der Waals surface area contributed by atoms with Crippen LogP contribution in [0.4, 0.5) is 20.4 Å². The van der Waals surface area contributed by atoms with Gasteiger partial charge >= 0.3 is 0 Å². The molecule has 2 aliphatic heterocycles. The highest BCUT2D eigenvalue weighted by molar-refractivity contribution is 5.48. The molecule has 3 aromatic rings. The summed E-state index contributed by atoms with van der Waals surface area (Å²) in [4.78, 5) is 7.07. The Morgan fingerprint density at radius 3 is 2.74 bits per heavy atom. The van der Waals surface area contributed by atoms with Gasteiger partial charge in [0.05, 0.1) is 19.0 Å². The minimum Gasteiger partial charge on any atom is -0.480 e. The third kappa shape index (κ3) is 4.12. The maximum Gasteiger partial charge on any atom is 0.242 e. The van der Waals surface area contributed by atoms with E-state index in [0.29, 0.717) is 35.9 Å². The molecule has 2 bridgehead atoms. The Balaban J connectivity index is 1.17. The summed E-state index contributed by atoms with van der Waals surface area (Å²) < 4.78 is 40.7. The van der Waals surface area contributed by atoms with Crippen LogP contribution >= 0.6 is 0 Å². The molecule has 0 radical (unpaired) electrons. The van der Waals surface area contributed by atoms with Crippen LogP contribution < -0.4 is 19.7 Å². The van der Waals surface area contributed by atoms with Crippen molar-refractivity contribution in [2.75, 3.05) is 30.4 Å². The van der Waals surface area contributed by atoms with Crippen LogP contribution in [-0.2, 0) is 6.54 Å². The van der Waals surface area contributed by atoms with Gasteiger partial charge in [-0.1, -0.05) is 6.07 Å². The highest BCUT2D eigenvalue weighted by Crippen LogP contribution is 2.40. The number of ether oxygens (including phenoxy) is 2. The molecule has 1 unspecified atom stereocenters. The second-order valence-corrected chi connectivity index (χ2v) is 9.45. The normalized spacial score (nSPS) is 25.3. The molecule has 4 heterocycles. The lowest BCUT2D eigenvalue weighted by Gasteiger charge is -2.39. The van der Waals surface area contributed by atoms with Gasteiger partial charge < -0.3 is 19.7 Å². The molecule has 2 fully saturated rings. The van der Waals surface area contributed by atoms with Gasteiger partial charge in [0, 0.05) is 31.7 Å². The van der Waals surface area contributed by atoms with Crippen LogP contribution in [0.1, 0.15) is 37.6 Å². The number of hydrogen-bond acceptors (Lipinski definition) is 8. The van der Waals surface area contributed by atoms with Crippen LogP contribution in [0.25, 0.3) is 0 Å². The maximum absolute atomic E-state index is 14.2. The first-order chi connectivity index (χ1) is 17.1. The molecule has 4 atom stereocenters. The van der Waals surface area contributed by atoms with Gasteiger partial charge in [0.2, 0.25) is 17.6 Å². The van der Waals surface area contributed by atoms with E-state index in [1.165, 1.54) is 12.1 Å². The summed E-state index contributed by atoms with van der Waals surface area (Å²) in [6.07, 6.45) is 5.06. The number of nitrogens with one attached hydrogen (secondary N) is 1. The third-order valence-corrected chi connectivity index (χ3v) is 7.33. The Bertz CT molecular complexity index is 1210. The summed E-state index contributed by atoms with van der Waals surface area (Å²) in [5.41, 5.74) is 1.02. The van der Waals surface area contributed by atoms with Gasteiger partial charge in [-0.05, 0) is 49.7 Å². The van der Waals surface area contributed by atoms with E-state index in [2.05, 4.69) is 25.5 Å². The molecular formula is C24H27F2N7O2. The zero-order valence-corrected chi connectivity index (χ0v) is 19.4. The number of piperidine rings is 1. The highest BCUT2D eigenvalue weighted by Gasteiger charge is 2.43. The van der Waals surface area contributed by atoms with E-state index in [1.807, 2.05) is 10.7 Å². The molecule has 1 aromatic carbocycles. The van der Waals surface area contributed by atoms with Crippen molar-refractivity contribution in [1.82, 2.24) is 25.0 Å². The maximum atomic E-state index is 14.2. The van der Waals surface area contributed by atoms with Crippen molar-refractivity contribution in [2.24, 2.45) is 11.8 Å². The second-order valence-electron chi connectivity index (χ2n) is 9.45. The van der Waals surface area contributed by atoms with Crippen LogP contribution in [0.5, 0.6) is 11.6 Å². The van der Waals surface area contributed by atoms with Crippen molar-refractivity contribution in [2.45, 2.75) is 44.4 Å². The van der Waals surface area contributed by atoms with Crippen LogP contribution in [0.15, 0.2) is 30.5 Å². The monoisotopic (exact) mass is 483 g/mol. The fourth-order valence-corrected chi connectivity index (χ4v) is 5.64. The van der Waals surface area contributed by atoms with Crippen LogP contribution in [0.3, 0.4) is 0 Å². The molecule has 1 saturated heterocycles. The van der Waals surface area contributed by atoms with Gasteiger partial charge in [-0.25, -0.2) is 9.07 Å². The Labute approximate surface area is 201 Å². The molecule has 0 amide bonds. The fourth-order valence-electron chi connectivity index (χ4n) is 5.64. The van der Waals surface area contributed by atoms with Gasteiger partial charge in [0.25, 0.3) is 0 Å². The summed E-state index contributed by atoms with van der Waals surface area (Å²) in [5.74, 6) is 0.605. The number of halogens is 2. The first-order valence-electron chi connectivity index (χ1n) is 12.0. The number of methoxy groups -OCH3 is 1. The average molecular weight is 484 g/mol. The SMILES string of the molecule is COc1cc(N2C[C@H]3CC[C@@H](C2)C3Nc2nc3n(n2)CCC[C@H]3Oc2cccc(F)c2F)cnn1. The van der Waals surface area contributed by atoms with E-state index in [0.717, 1.165) is 50.7 Å². The number of benzene rings is 1. The molecule has 184 valence electrons. The molecule has 1 aliphatic carbocycles. The van der Waals surface area contributed by atoms with Crippen molar-refractivity contribution < 1.29 is 18.3 Å². The van der Waals surface area contributed by atoms with Crippen molar-refractivity contribution >= 4 is 11.6 Å². The van der Waals surface area contributed by atoms with E-state index in [4.69, 9.17) is 14.5 Å². The molecule has 1 N–H and O–H groups in total. The second kappa shape index (κ2) is 8.94. The van der Waals surface area contributed by atoms with Crippen molar-refractivity contribution in [3.05, 3.63) is 47.9 Å². The van der Waals surface area contributed by atoms with E-state index in [9.17, 15) is 8.78 Å². The first-order valence-corrected chi connectivity index (χ1v) is 12.0. The Hall–Kier alpha value is -3.50.